The van der Waals surface area contributed by atoms with Gasteiger partial charge in [-0.3, -0.25) is 4.79 Å². The number of rotatable bonds is 5. The van der Waals surface area contributed by atoms with Crippen LogP contribution in [0, 0.1) is 5.92 Å². The highest BCUT2D eigenvalue weighted by Crippen LogP contribution is 2.25. The molecule has 1 amide bonds. The van der Waals surface area contributed by atoms with E-state index in [1.807, 2.05) is 38.1 Å². The van der Waals surface area contributed by atoms with E-state index in [9.17, 15) is 4.79 Å². The van der Waals surface area contributed by atoms with Gasteiger partial charge in [0, 0.05) is 10.0 Å². The summed E-state index contributed by atoms with van der Waals surface area (Å²) in [5.74, 6) is 0.843. The lowest BCUT2D eigenvalue weighted by atomic mass is 10.0. The average Bonchev–Trinajstić information content (AvgIpc) is 3.24. The van der Waals surface area contributed by atoms with Crippen LogP contribution >= 0.6 is 15.9 Å². The summed E-state index contributed by atoms with van der Waals surface area (Å²) in [6, 6.07) is 10.5. The van der Waals surface area contributed by atoms with E-state index in [-0.39, 0.29) is 17.6 Å². The fourth-order valence-electron chi connectivity index (χ4n) is 2.21. The monoisotopic (exact) mass is 389 g/mol. The van der Waals surface area contributed by atoms with Crippen molar-refractivity contribution in [2.24, 2.45) is 5.92 Å². The first kappa shape index (κ1) is 16.4. The van der Waals surface area contributed by atoms with Crippen molar-refractivity contribution in [2.45, 2.75) is 19.9 Å². The number of halogens is 1. The molecule has 0 radical (unpaired) electrons. The second kappa shape index (κ2) is 7.00. The first-order valence-electron chi connectivity index (χ1n) is 7.48. The molecule has 0 saturated carbocycles. The van der Waals surface area contributed by atoms with Gasteiger partial charge in [-0.2, -0.15) is 4.98 Å². The lowest BCUT2D eigenvalue weighted by Gasteiger charge is -2.17. The van der Waals surface area contributed by atoms with Crippen LogP contribution in [-0.4, -0.2) is 16.0 Å². The van der Waals surface area contributed by atoms with Crippen molar-refractivity contribution in [3.63, 3.8) is 0 Å². The molecule has 0 aliphatic rings. The van der Waals surface area contributed by atoms with E-state index in [0.29, 0.717) is 11.7 Å². The highest BCUT2D eigenvalue weighted by atomic mass is 79.9. The number of amides is 1. The zero-order valence-electron chi connectivity index (χ0n) is 13.2. The van der Waals surface area contributed by atoms with Gasteiger partial charge in [0.15, 0.2) is 5.76 Å². The Morgan fingerprint density at radius 1 is 1.21 bits per heavy atom. The van der Waals surface area contributed by atoms with Gasteiger partial charge in [0.1, 0.15) is 6.04 Å². The van der Waals surface area contributed by atoms with E-state index in [1.54, 1.807) is 12.1 Å². The largest absolute Gasteiger partial charge is 0.459 e. The number of nitrogens with one attached hydrogen (secondary N) is 1. The minimum Gasteiger partial charge on any atom is -0.459 e. The first-order valence-corrected chi connectivity index (χ1v) is 8.28. The van der Waals surface area contributed by atoms with Crippen LogP contribution < -0.4 is 5.32 Å². The van der Waals surface area contributed by atoms with Crippen molar-refractivity contribution in [1.29, 1.82) is 0 Å². The average molecular weight is 390 g/mol. The molecule has 0 aliphatic heterocycles. The molecular weight excluding hydrogens is 374 g/mol. The standard InChI is InChI=1S/C17H16BrN3O3/c1-10(2)14(19-16(22)13-4-3-9-23-13)17-20-15(21-24-17)11-5-7-12(18)8-6-11/h3-10,14H,1-2H3,(H,19,22)/t14-/m0/s1. The Bertz CT molecular complexity index is 810. The van der Waals surface area contributed by atoms with Crippen LogP contribution in [0.4, 0.5) is 0 Å². The smallest absolute Gasteiger partial charge is 0.287 e. The molecule has 0 unspecified atom stereocenters. The molecule has 0 spiro atoms. The molecule has 1 atom stereocenters. The summed E-state index contributed by atoms with van der Waals surface area (Å²) in [7, 11) is 0. The first-order chi connectivity index (χ1) is 11.5. The minimum absolute atomic E-state index is 0.0714. The maximum Gasteiger partial charge on any atom is 0.287 e. The lowest BCUT2D eigenvalue weighted by molar-refractivity contribution is 0.0885. The maximum atomic E-state index is 12.2. The van der Waals surface area contributed by atoms with Crippen LogP contribution in [0.15, 0.2) is 56.1 Å². The van der Waals surface area contributed by atoms with Gasteiger partial charge in [-0.15, -0.1) is 0 Å². The molecule has 24 heavy (non-hydrogen) atoms. The molecule has 3 rings (SSSR count). The van der Waals surface area contributed by atoms with Gasteiger partial charge in [0.05, 0.1) is 6.26 Å². The highest BCUT2D eigenvalue weighted by molar-refractivity contribution is 9.10. The molecule has 0 bridgehead atoms. The third-order valence-corrected chi connectivity index (χ3v) is 4.04. The molecule has 2 aromatic heterocycles. The fourth-order valence-corrected chi connectivity index (χ4v) is 2.48. The quantitative estimate of drug-likeness (QED) is 0.706. The molecule has 6 nitrogen and oxygen atoms in total. The predicted molar refractivity (Wildman–Crippen MR) is 91.2 cm³/mol. The van der Waals surface area contributed by atoms with Crippen LogP contribution in [0.25, 0.3) is 11.4 Å². The Kier molecular flexibility index (Phi) is 4.80. The summed E-state index contributed by atoms with van der Waals surface area (Å²) in [5, 5.41) is 6.89. The summed E-state index contributed by atoms with van der Waals surface area (Å²) in [6.45, 7) is 3.94. The number of hydrogen-bond acceptors (Lipinski definition) is 5. The number of hydrogen-bond donors (Lipinski definition) is 1. The number of furan rings is 1. The number of carbonyl (C=O) groups is 1. The van der Waals surface area contributed by atoms with E-state index < -0.39 is 6.04 Å². The van der Waals surface area contributed by atoms with Crippen molar-refractivity contribution in [1.82, 2.24) is 15.5 Å². The fraction of sp³-hybridized carbons (Fsp3) is 0.235. The molecule has 1 N–H and O–H groups in total. The lowest BCUT2D eigenvalue weighted by Crippen LogP contribution is -2.31. The number of carbonyl (C=O) groups excluding carboxylic acids is 1. The molecule has 2 heterocycles. The Labute approximate surface area is 147 Å². The Balaban J connectivity index is 1.82. The Morgan fingerprint density at radius 2 is 1.96 bits per heavy atom. The topological polar surface area (TPSA) is 81.2 Å². The van der Waals surface area contributed by atoms with Crippen LogP contribution in [0.5, 0.6) is 0 Å². The second-order valence-corrected chi connectivity index (χ2v) is 6.55. The summed E-state index contributed by atoms with van der Waals surface area (Å²) < 4.78 is 11.5. The van der Waals surface area contributed by atoms with Crippen molar-refractivity contribution >= 4 is 21.8 Å². The molecule has 7 heteroatoms. The van der Waals surface area contributed by atoms with E-state index in [0.717, 1.165) is 10.0 Å². The van der Waals surface area contributed by atoms with Gasteiger partial charge >= 0.3 is 0 Å². The van der Waals surface area contributed by atoms with Crippen LogP contribution in [0.2, 0.25) is 0 Å². The Hall–Kier alpha value is -2.41. The SMILES string of the molecule is CC(C)[C@H](NC(=O)c1ccco1)c1nc(-c2ccc(Br)cc2)no1. The zero-order valence-corrected chi connectivity index (χ0v) is 14.8. The van der Waals surface area contributed by atoms with Crippen molar-refractivity contribution in [3.8, 4) is 11.4 Å². The normalized spacial score (nSPS) is 12.3. The second-order valence-electron chi connectivity index (χ2n) is 5.64. The molecule has 0 aliphatic carbocycles. The van der Waals surface area contributed by atoms with Gasteiger partial charge in [0.25, 0.3) is 5.91 Å². The van der Waals surface area contributed by atoms with Gasteiger partial charge in [-0.1, -0.05) is 34.9 Å². The third-order valence-electron chi connectivity index (χ3n) is 3.51. The number of nitrogens with zero attached hydrogens (tertiary/aromatic N) is 2. The van der Waals surface area contributed by atoms with Gasteiger partial charge in [0.2, 0.25) is 11.7 Å². The molecule has 0 saturated heterocycles. The van der Waals surface area contributed by atoms with E-state index in [4.69, 9.17) is 8.94 Å². The molecule has 1 aromatic carbocycles. The van der Waals surface area contributed by atoms with Gasteiger partial charge in [-0.05, 0) is 42.3 Å². The van der Waals surface area contributed by atoms with Crippen LogP contribution in [0.1, 0.15) is 36.3 Å². The van der Waals surface area contributed by atoms with Gasteiger partial charge in [-0.25, -0.2) is 0 Å². The van der Waals surface area contributed by atoms with Crippen molar-refractivity contribution in [3.05, 3.63) is 58.8 Å². The van der Waals surface area contributed by atoms with Crippen molar-refractivity contribution in [2.75, 3.05) is 0 Å². The number of aromatic nitrogens is 2. The Morgan fingerprint density at radius 3 is 2.58 bits per heavy atom. The summed E-state index contributed by atoms with van der Waals surface area (Å²) in [4.78, 5) is 16.6. The van der Waals surface area contributed by atoms with E-state index in [1.165, 1.54) is 6.26 Å². The summed E-state index contributed by atoms with van der Waals surface area (Å²) in [6.07, 6.45) is 1.46. The molecule has 3 aromatic rings. The van der Waals surface area contributed by atoms with E-state index in [2.05, 4.69) is 31.4 Å². The highest BCUT2D eigenvalue weighted by Gasteiger charge is 2.26. The summed E-state index contributed by atoms with van der Waals surface area (Å²) >= 11 is 3.39. The van der Waals surface area contributed by atoms with Gasteiger partial charge < -0.3 is 14.3 Å². The van der Waals surface area contributed by atoms with E-state index >= 15 is 0 Å². The molecule has 0 fully saturated rings. The predicted octanol–water partition coefficient (Wildman–Crippen LogP) is 4.22. The minimum atomic E-state index is -0.403. The maximum absolute atomic E-state index is 12.2. The number of benzene rings is 1. The van der Waals surface area contributed by atoms with Crippen LogP contribution in [-0.2, 0) is 0 Å². The van der Waals surface area contributed by atoms with Crippen LogP contribution in [0.3, 0.4) is 0 Å². The molecule has 124 valence electrons. The zero-order chi connectivity index (χ0) is 17.1. The third kappa shape index (κ3) is 3.56. The molecular formula is C17H16BrN3O3. The summed E-state index contributed by atoms with van der Waals surface area (Å²) in [5.41, 5.74) is 0.841. The van der Waals surface area contributed by atoms with Crippen molar-refractivity contribution < 1.29 is 13.7 Å².